The monoisotopic (exact) mass is 277 g/mol. The molecule has 1 unspecified atom stereocenters. The maximum absolute atomic E-state index is 11.5. The van der Waals surface area contributed by atoms with Crippen LogP contribution in [0.1, 0.15) is 23.8 Å². The van der Waals surface area contributed by atoms with Gasteiger partial charge in [0.25, 0.3) is 0 Å². The van der Waals surface area contributed by atoms with Gasteiger partial charge in [-0.3, -0.25) is 0 Å². The standard InChI is InChI=1S/C15H23N3O2/c1-4-17(2)10-12-8-9-18(11-12)14-7-5-6-13(16-14)15(19)20-3/h5-7,12H,4,8-11H2,1-3H3. The van der Waals surface area contributed by atoms with Gasteiger partial charge < -0.3 is 14.5 Å². The fourth-order valence-electron chi connectivity index (χ4n) is 2.58. The van der Waals surface area contributed by atoms with Crippen LogP contribution in [0.3, 0.4) is 0 Å². The zero-order chi connectivity index (χ0) is 14.5. The molecule has 5 heteroatoms. The molecule has 2 heterocycles. The van der Waals surface area contributed by atoms with E-state index in [9.17, 15) is 4.79 Å². The fraction of sp³-hybridized carbons (Fsp3) is 0.600. The van der Waals surface area contributed by atoms with Crippen molar-refractivity contribution in [2.75, 3.05) is 45.2 Å². The summed E-state index contributed by atoms with van der Waals surface area (Å²) < 4.78 is 4.72. The van der Waals surface area contributed by atoms with E-state index in [1.54, 1.807) is 6.07 Å². The molecule has 0 aliphatic carbocycles. The first kappa shape index (κ1) is 14.8. The summed E-state index contributed by atoms with van der Waals surface area (Å²) in [4.78, 5) is 20.5. The molecule has 110 valence electrons. The van der Waals surface area contributed by atoms with Crippen LogP contribution in [0, 0.1) is 5.92 Å². The molecule has 0 aromatic carbocycles. The number of esters is 1. The summed E-state index contributed by atoms with van der Waals surface area (Å²) in [7, 11) is 3.53. The second-order valence-corrected chi connectivity index (χ2v) is 5.33. The van der Waals surface area contributed by atoms with E-state index in [4.69, 9.17) is 4.74 Å². The number of pyridine rings is 1. The molecule has 1 fully saturated rings. The van der Waals surface area contributed by atoms with Crippen LogP contribution >= 0.6 is 0 Å². The van der Waals surface area contributed by atoms with E-state index in [0.29, 0.717) is 11.6 Å². The van der Waals surface area contributed by atoms with Gasteiger partial charge in [-0.25, -0.2) is 9.78 Å². The molecular formula is C15H23N3O2. The van der Waals surface area contributed by atoms with Crippen molar-refractivity contribution < 1.29 is 9.53 Å². The molecule has 1 aliphatic rings. The van der Waals surface area contributed by atoms with E-state index >= 15 is 0 Å². The van der Waals surface area contributed by atoms with Crippen molar-refractivity contribution in [1.82, 2.24) is 9.88 Å². The minimum atomic E-state index is -0.381. The van der Waals surface area contributed by atoms with Crippen LogP contribution in [-0.2, 0) is 4.74 Å². The van der Waals surface area contributed by atoms with Crippen LogP contribution in [0.15, 0.2) is 18.2 Å². The summed E-state index contributed by atoms with van der Waals surface area (Å²) in [5.74, 6) is 1.16. The topological polar surface area (TPSA) is 45.7 Å². The van der Waals surface area contributed by atoms with Crippen LogP contribution in [0.25, 0.3) is 0 Å². The Bertz CT molecular complexity index is 464. The summed E-state index contributed by atoms with van der Waals surface area (Å²) in [5.41, 5.74) is 0.374. The first-order chi connectivity index (χ1) is 9.63. The van der Waals surface area contributed by atoms with E-state index in [0.717, 1.165) is 32.0 Å². The van der Waals surface area contributed by atoms with Crippen molar-refractivity contribution in [3.05, 3.63) is 23.9 Å². The third kappa shape index (κ3) is 3.48. The number of hydrogen-bond donors (Lipinski definition) is 0. The van der Waals surface area contributed by atoms with Crippen molar-refractivity contribution in [1.29, 1.82) is 0 Å². The number of hydrogen-bond acceptors (Lipinski definition) is 5. The lowest BCUT2D eigenvalue weighted by atomic mass is 10.1. The second kappa shape index (κ2) is 6.70. The molecule has 0 N–H and O–H groups in total. The highest BCUT2D eigenvalue weighted by atomic mass is 16.5. The van der Waals surface area contributed by atoms with Gasteiger partial charge in [0.1, 0.15) is 5.82 Å². The SMILES string of the molecule is CCN(C)CC1CCN(c2cccc(C(=O)OC)n2)C1. The Morgan fingerprint density at radius 2 is 2.35 bits per heavy atom. The van der Waals surface area contributed by atoms with Crippen LogP contribution in [0.5, 0.6) is 0 Å². The Morgan fingerprint density at radius 1 is 1.55 bits per heavy atom. The maximum Gasteiger partial charge on any atom is 0.356 e. The van der Waals surface area contributed by atoms with Crippen LogP contribution in [0.4, 0.5) is 5.82 Å². The predicted octanol–water partition coefficient (Wildman–Crippen LogP) is 1.65. The first-order valence-corrected chi connectivity index (χ1v) is 7.13. The normalized spacial score (nSPS) is 18.6. The molecule has 5 nitrogen and oxygen atoms in total. The molecule has 2 rings (SSSR count). The lowest BCUT2D eigenvalue weighted by Crippen LogP contribution is -2.28. The molecule has 0 bridgehead atoms. The van der Waals surface area contributed by atoms with Gasteiger partial charge in [0.15, 0.2) is 5.69 Å². The van der Waals surface area contributed by atoms with Gasteiger partial charge >= 0.3 is 5.97 Å². The zero-order valence-electron chi connectivity index (χ0n) is 12.5. The number of carbonyl (C=O) groups is 1. The van der Waals surface area contributed by atoms with Crippen LogP contribution in [0.2, 0.25) is 0 Å². The number of nitrogens with zero attached hydrogens (tertiary/aromatic N) is 3. The molecule has 1 atom stereocenters. The number of ether oxygens (including phenoxy) is 1. The predicted molar refractivity (Wildman–Crippen MR) is 79.1 cm³/mol. The highest BCUT2D eigenvalue weighted by Crippen LogP contribution is 2.23. The van der Waals surface area contributed by atoms with Crippen molar-refractivity contribution in [2.45, 2.75) is 13.3 Å². The molecule has 1 saturated heterocycles. The molecule has 0 saturated carbocycles. The van der Waals surface area contributed by atoms with E-state index in [-0.39, 0.29) is 5.97 Å². The molecule has 0 spiro atoms. The Kier molecular flexibility index (Phi) is 4.95. The quantitative estimate of drug-likeness (QED) is 0.766. The summed E-state index contributed by atoms with van der Waals surface area (Å²) >= 11 is 0. The molecule has 1 aromatic rings. The minimum absolute atomic E-state index is 0.374. The Morgan fingerprint density at radius 3 is 3.05 bits per heavy atom. The Hall–Kier alpha value is -1.62. The second-order valence-electron chi connectivity index (χ2n) is 5.33. The molecular weight excluding hydrogens is 254 g/mol. The fourth-order valence-corrected chi connectivity index (χ4v) is 2.58. The smallest absolute Gasteiger partial charge is 0.356 e. The van der Waals surface area contributed by atoms with Crippen LogP contribution < -0.4 is 4.90 Å². The Balaban J connectivity index is 2.01. The third-order valence-electron chi connectivity index (χ3n) is 3.85. The summed E-state index contributed by atoms with van der Waals surface area (Å²) in [6, 6.07) is 5.51. The van der Waals surface area contributed by atoms with Crippen molar-refractivity contribution in [3.63, 3.8) is 0 Å². The van der Waals surface area contributed by atoms with Gasteiger partial charge in [-0.1, -0.05) is 13.0 Å². The van der Waals surface area contributed by atoms with Gasteiger partial charge in [-0.2, -0.15) is 0 Å². The number of aromatic nitrogens is 1. The summed E-state index contributed by atoms with van der Waals surface area (Å²) in [5, 5.41) is 0. The Labute approximate surface area is 120 Å². The first-order valence-electron chi connectivity index (χ1n) is 7.13. The van der Waals surface area contributed by atoms with Crippen molar-refractivity contribution in [2.24, 2.45) is 5.92 Å². The molecule has 0 radical (unpaired) electrons. The average Bonchev–Trinajstić information content (AvgIpc) is 2.94. The number of anilines is 1. The van der Waals surface area contributed by atoms with Crippen molar-refractivity contribution >= 4 is 11.8 Å². The number of carbonyl (C=O) groups excluding carboxylic acids is 1. The van der Waals surface area contributed by atoms with E-state index in [1.165, 1.54) is 13.5 Å². The minimum Gasteiger partial charge on any atom is -0.464 e. The lowest BCUT2D eigenvalue weighted by molar-refractivity contribution is 0.0594. The highest BCUT2D eigenvalue weighted by molar-refractivity contribution is 5.87. The zero-order valence-corrected chi connectivity index (χ0v) is 12.5. The summed E-state index contributed by atoms with van der Waals surface area (Å²) in [6.07, 6.45) is 1.18. The number of rotatable bonds is 5. The van der Waals surface area contributed by atoms with Crippen LogP contribution in [-0.4, -0.2) is 56.2 Å². The molecule has 20 heavy (non-hydrogen) atoms. The molecule has 1 aromatic heterocycles. The highest BCUT2D eigenvalue weighted by Gasteiger charge is 2.24. The molecule has 0 amide bonds. The summed E-state index contributed by atoms with van der Waals surface area (Å²) in [6.45, 7) is 6.37. The van der Waals surface area contributed by atoms with Gasteiger partial charge in [0.2, 0.25) is 0 Å². The average molecular weight is 277 g/mol. The van der Waals surface area contributed by atoms with E-state index < -0.39 is 0 Å². The largest absolute Gasteiger partial charge is 0.464 e. The van der Waals surface area contributed by atoms with Gasteiger partial charge in [-0.15, -0.1) is 0 Å². The van der Waals surface area contributed by atoms with E-state index in [2.05, 4.69) is 28.8 Å². The van der Waals surface area contributed by atoms with E-state index in [1.807, 2.05) is 12.1 Å². The molecule has 1 aliphatic heterocycles. The van der Waals surface area contributed by atoms with Gasteiger partial charge in [-0.05, 0) is 38.1 Å². The van der Waals surface area contributed by atoms with Gasteiger partial charge in [0.05, 0.1) is 7.11 Å². The van der Waals surface area contributed by atoms with Crippen molar-refractivity contribution in [3.8, 4) is 0 Å². The third-order valence-corrected chi connectivity index (χ3v) is 3.85. The van der Waals surface area contributed by atoms with Gasteiger partial charge in [0, 0.05) is 19.6 Å². The maximum atomic E-state index is 11.5. The number of methoxy groups -OCH3 is 1. The lowest BCUT2D eigenvalue weighted by Gasteiger charge is -2.21.